The van der Waals surface area contributed by atoms with Gasteiger partial charge in [0.15, 0.2) is 11.6 Å². The number of hydrogen-bond donors (Lipinski definition) is 3. The Morgan fingerprint density at radius 3 is 2.63 bits per heavy atom. The Morgan fingerprint density at radius 1 is 1.07 bits per heavy atom. The minimum atomic E-state index is -0.373. The van der Waals surface area contributed by atoms with Crippen molar-refractivity contribution >= 4 is 29.0 Å². The summed E-state index contributed by atoms with van der Waals surface area (Å²) in [4.78, 5) is 20.3. The molecule has 0 bridgehead atoms. The molecule has 0 saturated carbocycles. The number of carbonyl (C=O) groups is 1. The summed E-state index contributed by atoms with van der Waals surface area (Å²) in [5.74, 6) is 0.626. The third kappa shape index (κ3) is 4.72. The number of nitrogen functional groups attached to an aromatic ring is 1. The molecule has 0 aliphatic heterocycles. The highest BCUT2D eigenvalue weighted by atomic mass is 16.5. The minimum Gasteiger partial charge on any atom is -0.462 e. The van der Waals surface area contributed by atoms with Crippen LogP contribution in [0.3, 0.4) is 0 Å². The molecule has 2 aromatic carbocycles. The highest BCUT2D eigenvalue weighted by Crippen LogP contribution is 2.26. The maximum Gasteiger partial charge on any atom is 0.338 e. The van der Waals surface area contributed by atoms with Gasteiger partial charge in [-0.1, -0.05) is 36.4 Å². The fraction of sp³-hybridized carbons (Fsp3) is 0.150. The van der Waals surface area contributed by atoms with Gasteiger partial charge in [0.1, 0.15) is 12.0 Å². The number of aromatic nitrogens is 2. The van der Waals surface area contributed by atoms with Gasteiger partial charge in [0.05, 0.1) is 12.2 Å². The normalized spacial score (nSPS) is 10.3. The number of rotatable bonds is 7. The van der Waals surface area contributed by atoms with E-state index >= 15 is 0 Å². The largest absolute Gasteiger partial charge is 0.462 e. The van der Waals surface area contributed by atoms with E-state index in [1.54, 1.807) is 25.1 Å². The Bertz CT molecular complexity index is 915. The van der Waals surface area contributed by atoms with Crippen molar-refractivity contribution in [3.05, 3.63) is 72.1 Å². The van der Waals surface area contributed by atoms with E-state index in [1.165, 1.54) is 6.33 Å². The molecule has 27 heavy (non-hydrogen) atoms. The second kappa shape index (κ2) is 8.66. The molecular weight excluding hydrogens is 342 g/mol. The molecular formula is C20H21N5O2. The van der Waals surface area contributed by atoms with Gasteiger partial charge >= 0.3 is 5.97 Å². The first kappa shape index (κ1) is 18.2. The fourth-order valence-corrected chi connectivity index (χ4v) is 2.49. The standard InChI is InChI=1S/C20H21N5O2/c1-2-27-20(26)15-9-6-10-16(11-15)25-19-17(21)18(23-13-24-19)22-12-14-7-4-3-5-8-14/h3-11,13H,2,12,21H2,1H3,(H2,22,23,24,25). The van der Waals surface area contributed by atoms with Crippen molar-refractivity contribution in [1.29, 1.82) is 0 Å². The molecule has 0 saturated heterocycles. The Kier molecular flexibility index (Phi) is 5.84. The van der Waals surface area contributed by atoms with Crippen molar-refractivity contribution in [3.8, 4) is 0 Å². The zero-order valence-corrected chi connectivity index (χ0v) is 15.0. The lowest BCUT2D eigenvalue weighted by Gasteiger charge is -2.13. The number of carbonyl (C=O) groups excluding carboxylic acids is 1. The van der Waals surface area contributed by atoms with E-state index in [2.05, 4.69) is 20.6 Å². The Labute approximate surface area is 157 Å². The van der Waals surface area contributed by atoms with Gasteiger partial charge in [-0.2, -0.15) is 0 Å². The molecule has 7 nitrogen and oxygen atoms in total. The van der Waals surface area contributed by atoms with Crippen LogP contribution in [0.5, 0.6) is 0 Å². The molecule has 3 rings (SSSR count). The highest BCUT2D eigenvalue weighted by Gasteiger charge is 2.10. The molecule has 0 atom stereocenters. The molecule has 0 spiro atoms. The van der Waals surface area contributed by atoms with Crippen LogP contribution in [0.25, 0.3) is 0 Å². The summed E-state index contributed by atoms with van der Waals surface area (Å²) in [5.41, 5.74) is 8.85. The molecule has 1 aromatic heterocycles. The zero-order valence-electron chi connectivity index (χ0n) is 15.0. The topological polar surface area (TPSA) is 102 Å². The summed E-state index contributed by atoms with van der Waals surface area (Å²) >= 11 is 0. The van der Waals surface area contributed by atoms with Gasteiger partial charge in [-0.25, -0.2) is 14.8 Å². The second-order valence-electron chi connectivity index (χ2n) is 5.75. The first-order valence-electron chi connectivity index (χ1n) is 8.60. The first-order chi connectivity index (χ1) is 13.2. The third-order valence-electron chi connectivity index (χ3n) is 3.82. The average Bonchev–Trinajstić information content (AvgIpc) is 2.70. The van der Waals surface area contributed by atoms with Gasteiger partial charge in [0, 0.05) is 12.2 Å². The molecule has 0 amide bonds. The van der Waals surface area contributed by atoms with Crippen LogP contribution < -0.4 is 16.4 Å². The van der Waals surface area contributed by atoms with E-state index < -0.39 is 0 Å². The van der Waals surface area contributed by atoms with Gasteiger partial charge in [0.25, 0.3) is 0 Å². The Hall–Kier alpha value is -3.61. The van der Waals surface area contributed by atoms with Crippen LogP contribution in [0, 0.1) is 0 Å². The van der Waals surface area contributed by atoms with Gasteiger partial charge in [-0.05, 0) is 30.7 Å². The van der Waals surface area contributed by atoms with E-state index in [0.29, 0.717) is 41.7 Å². The van der Waals surface area contributed by atoms with Gasteiger partial charge < -0.3 is 21.1 Å². The predicted octanol–water partition coefficient (Wildman–Crippen LogP) is 3.59. The predicted molar refractivity (Wildman–Crippen MR) is 106 cm³/mol. The van der Waals surface area contributed by atoms with Crippen molar-refractivity contribution < 1.29 is 9.53 Å². The second-order valence-corrected chi connectivity index (χ2v) is 5.75. The van der Waals surface area contributed by atoms with Gasteiger partial charge in [0.2, 0.25) is 0 Å². The molecule has 1 heterocycles. The van der Waals surface area contributed by atoms with E-state index in [-0.39, 0.29) is 5.97 Å². The van der Waals surface area contributed by atoms with E-state index in [4.69, 9.17) is 10.5 Å². The number of benzene rings is 2. The maximum absolute atomic E-state index is 11.9. The van der Waals surface area contributed by atoms with E-state index in [1.807, 2.05) is 36.4 Å². The maximum atomic E-state index is 11.9. The van der Waals surface area contributed by atoms with Gasteiger partial charge in [-0.3, -0.25) is 0 Å². The molecule has 0 aliphatic rings. The summed E-state index contributed by atoms with van der Waals surface area (Å²) in [6.45, 7) is 2.69. The van der Waals surface area contributed by atoms with E-state index in [9.17, 15) is 4.79 Å². The molecule has 3 aromatic rings. The number of anilines is 4. The zero-order chi connectivity index (χ0) is 19.1. The monoisotopic (exact) mass is 363 g/mol. The summed E-state index contributed by atoms with van der Waals surface area (Å²) in [6, 6.07) is 16.9. The Balaban J connectivity index is 1.74. The lowest BCUT2D eigenvalue weighted by molar-refractivity contribution is 0.0526. The van der Waals surface area contributed by atoms with Crippen molar-refractivity contribution in [1.82, 2.24) is 9.97 Å². The van der Waals surface area contributed by atoms with Crippen LogP contribution in [-0.2, 0) is 11.3 Å². The molecule has 0 aliphatic carbocycles. The lowest BCUT2D eigenvalue weighted by Crippen LogP contribution is -2.08. The lowest BCUT2D eigenvalue weighted by atomic mass is 10.2. The smallest absolute Gasteiger partial charge is 0.338 e. The Morgan fingerprint density at radius 2 is 1.85 bits per heavy atom. The number of ether oxygens (including phenoxy) is 1. The highest BCUT2D eigenvalue weighted by molar-refractivity contribution is 5.91. The summed E-state index contributed by atoms with van der Waals surface area (Å²) in [6.07, 6.45) is 1.43. The molecule has 0 radical (unpaired) electrons. The number of nitrogens with one attached hydrogen (secondary N) is 2. The number of nitrogens with zero attached hydrogens (tertiary/aromatic N) is 2. The SMILES string of the molecule is CCOC(=O)c1cccc(Nc2ncnc(NCc3ccccc3)c2N)c1. The van der Waals surface area contributed by atoms with Crippen molar-refractivity contribution in [2.45, 2.75) is 13.5 Å². The molecule has 7 heteroatoms. The van der Waals surface area contributed by atoms with Crippen LogP contribution in [0.4, 0.5) is 23.0 Å². The summed E-state index contributed by atoms with van der Waals surface area (Å²) < 4.78 is 5.02. The molecule has 4 N–H and O–H groups in total. The van der Waals surface area contributed by atoms with E-state index in [0.717, 1.165) is 5.56 Å². The van der Waals surface area contributed by atoms with Crippen molar-refractivity contribution in [2.75, 3.05) is 23.0 Å². The molecule has 0 unspecified atom stereocenters. The minimum absolute atomic E-state index is 0.325. The first-order valence-corrected chi connectivity index (χ1v) is 8.60. The van der Waals surface area contributed by atoms with Crippen LogP contribution in [0.1, 0.15) is 22.8 Å². The third-order valence-corrected chi connectivity index (χ3v) is 3.82. The summed E-state index contributed by atoms with van der Waals surface area (Å²) in [5, 5.41) is 6.34. The van der Waals surface area contributed by atoms with Crippen LogP contribution >= 0.6 is 0 Å². The van der Waals surface area contributed by atoms with Crippen LogP contribution in [0.15, 0.2) is 60.9 Å². The van der Waals surface area contributed by atoms with Crippen LogP contribution in [-0.4, -0.2) is 22.5 Å². The average molecular weight is 363 g/mol. The van der Waals surface area contributed by atoms with Crippen LogP contribution in [0.2, 0.25) is 0 Å². The van der Waals surface area contributed by atoms with Gasteiger partial charge in [-0.15, -0.1) is 0 Å². The van der Waals surface area contributed by atoms with Crippen molar-refractivity contribution in [3.63, 3.8) is 0 Å². The fourth-order valence-electron chi connectivity index (χ4n) is 2.49. The number of hydrogen-bond acceptors (Lipinski definition) is 7. The molecule has 138 valence electrons. The molecule has 0 fully saturated rings. The van der Waals surface area contributed by atoms with Crippen molar-refractivity contribution in [2.24, 2.45) is 0 Å². The number of esters is 1. The summed E-state index contributed by atoms with van der Waals surface area (Å²) in [7, 11) is 0. The quantitative estimate of drug-likeness (QED) is 0.551. The number of nitrogens with two attached hydrogens (primary N) is 1.